The van der Waals surface area contributed by atoms with Crippen LogP contribution in [0.5, 0.6) is 5.75 Å². The largest absolute Gasteiger partial charge is 0.497 e. The lowest BCUT2D eigenvalue weighted by molar-refractivity contribution is 0.104. The Morgan fingerprint density at radius 3 is 2.32 bits per heavy atom. The average molecular weight is 299 g/mol. The number of nitrogens with one attached hydrogen (secondary N) is 1. The molecular weight excluding hydrogens is 274 g/mol. The van der Waals surface area contributed by atoms with Crippen LogP contribution in [0.2, 0.25) is 0 Å². The third-order valence-corrected chi connectivity index (χ3v) is 4.01. The number of aliphatic hydroxyl groups excluding tert-OH is 1. The zero-order valence-corrected chi connectivity index (χ0v) is 13.3. The van der Waals surface area contributed by atoms with E-state index in [1.54, 1.807) is 7.11 Å². The topological polar surface area (TPSA) is 41.5 Å². The van der Waals surface area contributed by atoms with Crippen LogP contribution in [-0.4, -0.2) is 18.8 Å². The van der Waals surface area contributed by atoms with Gasteiger partial charge >= 0.3 is 0 Å². The van der Waals surface area contributed by atoms with Crippen molar-refractivity contribution in [3.63, 3.8) is 0 Å². The Hall–Kier alpha value is -1.84. The van der Waals surface area contributed by atoms with Crippen LogP contribution in [0.4, 0.5) is 0 Å². The average Bonchev–Trinajstić information content (AvgIpc) is 2.59. The van der Waals surface area contributed by atoms with Crippen molar-refractivity contribution in [2.45, 2.75) is 26.0 Å². The number of benzene rings is 2. The summed E-state index contributed by atoms with van der Waals surface area (Å²) in [5.41, 5.74) is 2.20. The number of ether oxygens (including phenoxy) is 1. The summed E-state index contributed by atoms with van der Waals surface area (Å²) in [7, 11) is 1.67. The molecule has 118 valence electrons. The monoisotopic (exact) mass is 299 g/mol. The molecule has 0 aliphatic heterocycles. The molecule has 2 N–H and O–H groups in total. The first-order valence-electron chi connectivity index (χ1n) is 7.81. The maximum absolute atomic E-state index is 10.5. The fraction of sp³-hybridized carbons (Fsp3) is 0.368. The Bertz CT molecular complexity index is 539. The number of hydrogen-bond acceptors (Lipinski definition) is 3. The van der Waals surface area contributed by atoms with Gasteiger partial charge in [0.15, 0.2) is 0 Å². The molecule has 2 aromatic carbocycles. The van der Waals surface area contributed by atoms with Gasteiger partial charge in [0, 0.05) is 19.0 Å². The van der Waals surface area contributed by atoms with Gasteiger partial charge in [-0.2, -0.15) is 0 Å². The van der Waals surface area contributed by atoms with Crippen LogP contribution in [0.1, 0.15) is 30.6 Å². The van der Waals surface area contributed by atoms with Crippen molar-refractivity contribution in [3.05, 3.63) is 65.7 Å². The minimum atomic E-state index is -0.422. The minimum Gasteiger partial charge on any atom is -0.497 e. The summed E-state index contributed by atoms with van der Waals surface area (Å²) in [5, 5.41) is 13.9. The Morgan fingerprint density at radius 1 is 1.05 bits per heavy atom. The second-order valence-electron chi connectivity index (χ2n) is 5.50. The summed E-state index contributed by atoms with van der Waals surface area (Å²) in [6.07, 6.45) is 0.514. The molecule has 0 radical (unpaired) electrons. The molecular formula is C19H25NO2. The highest BCUT2D eigenvalue weighted by molar-refractivity contribution is 5.27. The highest BCUT2D eigenvalue weighted by atomic mass is 16.5. The quantitative estimate of drug-likeness (QED) is 0.783. The summed E-state index contributed by atoms with van der Waals surface area (Å²) in [5.74, 6) is 1.08. The smallest absolute Gasteiger partial charge is 0.118 e. The van der Waals surface area contributed by atoms with E-state index in [4.69, 9.17) is 4.74 Å². The lowest BCUT2D eigenvalue weighted by atomic mass is 9.93. The molecule has 22 heavy (non-hydrogen) atoms. The van der Waals surface area contributed by atoms with E-state index in [-0.39, 0.29) is 5.92 Å². The van der Waals surface area contributed by atoms with Crippen LogP contribution >= 0.6 is 0 Å². The summed E-state index contributed by atoms with van der Waals surface area (Å²) < 4.78 is 5.16. The van der Waals surface area contributed by atoms with E-state index in [9.17, 15) is 5.11 Å². The van der Waals surface area contributed by atoms with Crippen LogP contribution < -0.4 is 10.1 Å². The first-order valence-corrected chi connectivity index (χ1v) is 7.81. The molecule has 2 aromatic rings. The number of rotatable bonds is 8. The van der Waals surface area contributed by atoms with Crippen molar-refractivity contribution in [1.29, 1.82) is 0 Å². The van der Waals surface area contributed by atoms with E-state index in [2.05, 4.69) is 24.4 Å². The van der Waals surface area contributed by atoms with Crippen LogP contribution in [0.3, 0.4) is 0 Å². The second-order valence-corrected chi connectivity index (χ2v) is 5.50. The van der Waals surface area contributed by atoms with Gasteiger partial charge in [-0.05, 0) is 29.7 Å². The highest BCUT2D eigenvalue weighted by Gasteiger charge is 2.18. The van der Waals surface area contributed by atoms with Crippen molar-refractivity contribution in [3.8, 4) is 5.75 Å². The molecule has 0 heterocycles. The van der Waals surface area contributed by atoms with E-state index >= 15 is 0 Å². The first kappa shape index (κ1) is 16.5. The zero-order valence-electron chi connectivity index (χ0n) is 13.3. The van der Waals surface area contributed by atoms with Crippen molar-refractivity contribution in [1.82, 2.24) is 5.32 Å². The number of methoxy groups -OCH3 is 1. The van der Waals surface area contributed by atoms with Crippen LogP contribution in [0.25, 0.3) is 0 Å². The Kier molecular flexibility index (Phi) is 6.44. The van der Waals surface area contributed by atoms with Crippen molar-refractivity contribution < 1.29 is 9.84 Å². The summed E-state index contributed by atoms with van der Waals surface area (Å²) in [6.45, 7) is 3.70. The molecule has 0 aliphatic rings. The molecule has 0 saturated carbocycles. The third-order valence-electron chi connectivity index (χ3n) is 4.01. The lowest BCUT2D eigenvalue weighted by Crippen LogP contribution is -2.26. The lowest BCUT2D eigenvalue weighted by Gasteiger charge is -2.22. The van der Waals surface area contributed by atoms with Gasteiger partial charge in [0.2, 0.25) is 0 Å². The van der Waals surface area contributed by atoms with Crippen LogP contribution in [0.15, 0.2) is 54.6 Å². The van der Waals surface area contributed by atoms with Gasteiger partial charge < -0.3 is 15.2 Å². The first-order chi connectivity index (χ1) is 10.7. The van der Waals surface area contributed by atoms with E-state index in [0.29, 0.717) is 0 Å². The molecule has 0 amide bonds. The highest BCUT2D eigenvalue weighted by Crippen LogP contribution is 2.24. The van der Waals surface area contributed by atoms with E-state index in [1.165, 1.54) is 5.56 Å². The molecule has 3 heteroatoms. The summed E-state index contributed by atoms with van der Waals surface area (Å²) in [6, 6.07) is 17.9. The summed E-state index contributed by atoms with van der Waals surface area (Å²) >= 11 is 0. The molecule has 3 nitrogen and oxygen atoms in total. The molecule has 0 saturated heterocycles. The van der Waals surface area contributed by atoms with E-state index in [0.717, 1.165) is 30.8 Å². The van der Waals surface area contributed by atoms with Gasteiger partial charge in [0.25, 0.3) is 0 Å². The Morgan fingerprint density at radius 2 is 1.73 bits per heavy atom. The van der Waals surface area contributed by atoms with Crippen molar-refractivity contribution in [2.75, 3.05) is 13.7 Å². The predicted molar refractivity (Wildman–Crippen MR) is 89.9 cm³/mol. The van der Waals surface area contributed by atoms with Gasteiger partial charge in [-0.15, -0.1) is 0 Å². The van der Waals surface area contributed by atoms with E-state index < -0.39 is 6.10 Å². The number of hydrogen-bond donors (Lipinski definition) is 2. The molecule has 0 unspecified atom stereocenters. The number of aliphatic hydroxyl groups is 1. The maximum Gasteiger partial charge on any atom is 0.118 e. The maximum atomic E-state index is 10.5. The second kappa shape index (κ2) is 8.57. The van der Waals surface area contributed by atoms with E-state index in [1.807, 2.05) is 42.5 Å². The normalized spacial score (nSPS) is 13.6. The van der Waals surface area contributed by atoms with Gasteiger partial charge in [-0.3, -0.25) is 0 Å². The van der Waals surface area contributed by atoms with Crippen molar-refractivity contribution >= 4 is 0 Å². The molecule has 0 spiro atoms. The SMILES string of the molecule is CC[C@H](CNCc1ccc(OC)cc1)[C@H](O)c1ccccc1. The fourth-order valence-electron chi connectivity index (χ4n) is 2.55. The fourth-order valence-corrected chi connectivity index (χ4v) is 2.55. The van der Waals surface area contributed by atoms with Gasteiger partial charge in [-0.1, -0.05) is 49.4 Å². The molecule has 0 aromatic heterocycles. The van der Waals surface area contributed by atoms with Crippen LogP contribution in [0, 0.1) is 5.92 Å². The third kappa shape index (κ3) is 4.58. The zero-order chi connectivity index (χ0) is 15.8. The Balaban J connectivity index is 1.85. The molecule has 2 atom stereocenters. The van der Waals surface area contributed by atoms with Gasteiger partial charge in [0.05, 0.1) is 13.2 Å². The minimum absolute atomic E-state index is 0.209. The van der Waals surface area contributed by atoms with Gasteiger partial charge in [-0.25, -0.2) is 0 Å². The molecule has 0 bridgehead atoms. The predicted octanol–water partition coefficient (Wildman–Crippen LogP) is 3.54. The summed E-state index contributed by atoms with van der Waals surface area (Å²) in [4.78, 5) is 0. The van der Waals surface area contributed by atoms with Gasteiger partial charge in [0.1, 0.15) is 5.75 Å². The van der Waals surface area contributed by atoms with Crippen LogP contribution in [-0.2, 0) is 6.54 Å². The van der Waals surface area contributed by atoms with Crippen molar-refractivity contribution in [2.24, 2.45) is 5.92 Å². The molecule has 0 aliphatic carbocycles. The molecule has 0 fully saturated rings. The Labute approximate surface area is 133 Å². The standard InChI is InChI=1S/C19H25NO2/c1-3-16(19(21)17-7-5-4-6-8-17)14-20-13-15-9-11-18(22-2)12-10-15/h4-12,16,19-21H,3,13-14H2,1-2H3/t16-,19+/m1/s1. The molecule has 2 rings (SSSR count).